The van der Waals surface area contributed by atoms with Crippen LogP contribution in [0.25, 0.3) is 21.6 Å². The van der Waals surface area contributed by atoms with Crippen LogP contribution in [0.4, 0.5) is 4.39 Å². The number of aromatic nitrogens is 3. The van der Waals surface area contributed by atoms with Crippen molar-refractivity contribution in [1.82, 2.24) is 24.9 Å². The van der Waals surface area contributed by atoms with Crippen LogP contribution in [0, 0.1) is 12.7 Å². The van der Waals surface area contributed by atoms with Crippen molar-refractivity contribution in [1.29, 1.82) is 0 Å². The van der Waals surface area contributed by atoms with Crippen LogP contribution in [0.2, 0.25) is 0 Å². The molecule has 0 radical (unpaired) electrons. The predicted molar refractivity (Wildman–Crippen MR) is 127 cm³/mol. The quantitative estimate of drug-likeness (QED) is 0.408. The molecule has 8 nitrogen and oxygen atoms in total. The van der Waals surface area contributed by atoms with Crippen LogP contribution < -0.4 is 4.74 Å². The van der Waals surface area contributed by atoms with E-state index in [0.717, 1.165) is 52.7 Å². The summed E-state index contributed by atoms with van der Waals surface area (Å²) in [7, 11) is 0. The van der Waals surface area contributed by atoms with Gasteiger partial charge in [0.15, 0.2) is 0 Å². The first-order chi connectivity index (χ1) is 16.5. The topological polar surface area (TPSA) is 87.8 Å². The van der Waals surface area contributed by atoms with Gasteiger partial charge in [-0.3, -0.25) is 9.80 Å². The molecular weight excluding hydrogens is 457 g/mol. The summed E-state index contributed by atoms with van der Waals surface area (Å²) < 4.78 is 25.4. The van der Waals surface area contributed by atoms with E-state index in [9.17, 15) is 9.50 Å². The first kappa shape index (κ1) is 22.9. The molecule has 0 bridgehead atoms. The molecule has 10 heteroatoms. The van der Waals surface area contributed by atoms with Crippen molar-refractivity contribution in [2.24, 2.45) is 0 Å². The lowest BCUT2D eigenvalue weighted by Gasteiger charge is -2.34. The summed E-state index contributed by atoms with van der Waals surface area (Å²) in [5.74, 6) is 1.42. The van der Waals surface area contributed by atoms with E-state index in [1.54, 1.807) is 23.5 Å². The number of thiazole rings is 1. The molecule has 1 N–H and O–H groups in total. The Morgan fingerprint density at radius 3 is 2.65 bits per heavy atom. The van der Waals surface area contributed by atoms with E-state index in [-0.39, 0.29) is 12.4 Å². The molecule has 4 aromatic rings. The smallest absolute Gasteiger partial charge is 0.241 e. The van der Waals surface area contributed by atoms with Gasteiger partial charge in [0, 0.05) is 44.4 Å². The number of hydrogen-bond acceptors (Lipinski definition) is 9. The molecule has 0 aliphatic carbocycles. The van der Waals surface area contributed by atoms with Crippen LogP contribution in [-0.4, -0.2) is 75.5 Å². The van der Waals surface area contributed by atoms with Gasteiger partial charge in [-0.15, -0.1) is 11.3 Å². The third-order valence-electron chi connectivity index (χ3n) is 5.77. The Kier molecular flexibility index (Phi) is 6.82. The van der Waals surface area contributed by atoms with Crippen LogP contribution in [0.1, 0.15) is 10.9 Å². The zero-order chi connectivity index (χ0) is 23.5. The van der Waals surface area contributed by atoms with Gasteiger partial charge in [0.2, 0.25) is 11.7 Å². The summed E-state index contributed by atoms with van der Waals surface area (Å²) in [5, 5.41) is 15.5. The van der Waals surface area contributed by atoms with Gasteiger partial charge in [0.25, 0.3) is 0 Å². The molecule has 1 saturated heterocycles. The third-order valence-corrected chi connectivity index (χ3v) is 6.72. The third kappa shape index (κ3) is 5.58. The highest BCUT2D eigenvalue weighted by molar-refractivity contribution is 7.18. The Morgan fingerprint density at radius 1 is 1.09 bits per heavy atom. The fourth-order valence-electron chi connectivity index (χ4n) is 4.01. The lowest BCUT2D eigenvalue weighted by Crippen LogP contribution is -2.48. The van der Waals surface area contributed by atoms with E-state index >= 15 is 0 Å². The van der Waals surface area contributed by atoms with E-state index in [1.165, 1.54) is 12.1 Å². The van der Waals surface area contributed by atoms with Gasteiger partial charge in [-0.2, -0.15) is 4.98 Å². The minimum atomic E-state index is -0.575. The number of aliphatic hydroxyl groups is 1. The van der Waals surface area contributed by atoms with E-state index < -0.39 is 6.10 Å². The minimum Gasteiger partial charge on any atom is -0.491 e. The maximum absolute atomic E-state index is 13.1. The SMILES string of the molecule is Cc1nc2cc(OC[C@H](O)CN3CCN(Cc4nc(-c5ccc(F)cc5)no4)CC3)ccc2s1. The average molecular weight is 484 g/mol. The number of aryl methyl sites for hydroxylation is 1. The summed E-state index contributed by atoms with van der Waals surface area (Å²) in [6.07, 6.45) is -0.575. The number of aliphatic hydroxyl groups excluding tert-OH is 1. The zero-order valence-corrected chi connectivity index (χ0v) is 19.7. The molecule has 1 atom stereocenters. The number of nitrogens with zero attached hydrogens (tertiary/aromatic N) is 5. The van der Waals surface area contributed by atoms with Crippen molar-refractivity contribution in [3.05, 3.63) is 59.2 Å². The highest BCUT2D eigenvalue weighted by atomic mass is 32.1. The van der Waals surface area contributed by atoms with Crippen molar-refractivity contribution in [2.45, 2.75) is 19.6 Å². The van der Waals surface area contributed by atoms with Crippen LogP contribution in [0.15, 0.2) is 47.0 Å². The molecule has 34 heavy (non-hydrogen) atoms. The number of halogens is 1. The Bertz CT molecular complexity index is 1240. The molecule has 0 amide bonds. The summed E-state index contributed by atoms with van der Waals surface area (Å²) in [4.78, 5) is 13.4. The molecule has 5 rings (SSSR count). The monoisotopic (exact) mass is 483 g/mol. The zero-order valence-electron chi connectivity index (χ0n) is 18.9. The molecule has 3 heterocycles. The highest BCUT2D eigenvalue weighted by Crippen LogP contribution is 2.25. The molecule has 0 spiro atoms. The second-order valence-corrected chi connectivity index (χ2v) is 9.66. The Labute approximate surface area is 200 Å². The van der Waals surface area contributed by atoms with Gasteiger partial charge in [-0.25, -0.2) is 9.37 Å². The minimum absolute atomic E-state index is 0.239. The second-order valence-electron chi connectivity index (χ2n) is 8.42. The van der Waals surface area contributed by atoms with Gasteiger partial charge in [-0.1, -0.05) is 5.16 Å². The average Bonchev–Trinajstić information content (AvgIpc) is 3.44. The molecule has 0 saturated carbocycles. The van der Waals surface area contributed by atoms with Crippen LogP contribution in [-0.2, 0) is 6.54 Å². The fraction of sp³-hybridized carbons (Fsp3) is 0.375. The molecule has 1 fully saturated rings. The standard InChI is InChI=1S/C24H26FN5O3S/c1-16-26-21-12-20(6-7-22(21)34-16)32-15-19(31)13-29-8-10-30(11-9-29)14-23-27-24(28-33-23)17-2-4-18(25)5-3-17/h2-7,12,19,31H,8-11,13-15H2,1H3/t19-/m1/s1. The van der Waals surface area contributed by atoms with Gasteiger partial charge in [0.1, 0.15) is 24.3 Å². The predicted octanol–water partition coefficient (Wildman–Crippen LogP) is 3.35. The van der Waals surface area contributed by atoms with Crippen LogP contribution in [0.3, 0.4) is 0 Å². The molecule has 1 aliphatic heterocycles. The second kappa shape index (κ2) is 10.1. The Morgan fingerprint density at radius 2 is 1.85 bits per heavy atom. The highest BCUT2D eigenvalue weighted by Gasteiger charge is 2.21. The number of β-amino-alcohol motifs (C(OH)–C–C–N with tert-alkyl or cyclic N) is 1. The normalized spacial score (nSPS) is 16.2. The number of hydrogen-bond donors (Lipinski definition) is 1. The van der Waals surface area contributed by atoms with Gasteiger partial charge in [0.05, 0.1) is 21.8 Å². The maximum Gasteiger partial charge on any atom is 0.241 e. The summed E-state index contributed by atoms with van der Waals surface area (Å²) in [5.41, 5.74) is 1.65. The largest absolute Gasteiger partial charge is 0.491 e. The van der Waals surface area contributed by atoms with E-state index in [2.05, 4.69) is 24.9 Å². The molecular formula is C24H26FN5O3S. The van der Waals surface area contributed by atoms with Gasteiger partial charge < -0.3 is 14.4 Å². The van der Waals surface area contributed by atoms with Crippen LogP contribution in [0.5, 0.6) is 5.75 Å². The number of piperazine rings is 1. The number of fused-ring (bicyclic) bond motifs is 1. The Hall–Kier alpha value is -2.92. The van der Waals surface area contributed by atoms with Crippen LogP contribution >= 0.6 is 11.3 Å². The summed E-state index contributed by atoms with van der Waals surface area (Å²) in [6.45, 7) is 6.68. The van der Waals surface area contributed by atoms with Crippen molar-refractivity contribution >= 4 is 21.6 Å². The maximum atomic E-state index is 13.1. The number of ether oxygens (including phenoxy) is 1. The van der Waals surface area contributed by atoms with Gasteiger partial charge >= 0.3 is 0 Å². The molecule has 178 valence electrons. The molecule has 1 aliphatic rings. The first-order valence-electron chi connectivity index (χ1n) is 11.2. The van der Waals surface area contributed by atoms with Gasteiger partial charge in [-0.05, 0) is 43.3 Å². The van der Waals surface area contributed by atoms with E-state index in [0.29, 0.717) is 24.8 Å². The van der Waals surface area contributed by atoms with E-state index in [4.69, 9.17) is 9.26 Å². The van der Waals surface area contributed by atoms with Crippen molar-refractivity contribution in [3.8, 4) is 17.1 Å². The lowest BCUT2D eigenvalue weighted by molar-refractivity contribution is 0.0426. The van der Waals surface area contributed by atoms with Crippen molar-refractivity contribution in [2.75, 3.05) is 39.3 Å². The summed E-state index contributed by atoms with van der Waals surface area (Å²) >= 11 is 1.66. The Balaban J connectivity index is 1.05. The lowest BCUT2D eigenvalue weighted by atomic mass is 10.2. The van der Waals surface area contributed by atoms with E-state index in [1.807, 2.05) is 25.1 Å². The van der Waals surface area contributed by atoms with Crippen molar-refractivity contribution in [3.63, 3.8) is 0 Å². The molecule has 2 aromatic heterocycles. The fourth-order valence-corrected chi connectivity index (χ4v) is 4.82. The molecule has 0 unspecified atom stereocenters. The number of rotatable bonds is 8. The summed E-state index contributed by atoms with van der Waals surface area (Å²) in [6, 6.07) is 11.9. The number of benzene rings is 2. The first-order valence-corrected chi connectivity index (χ1v) is 12.0. The van der Waals surface area contributed by atoms with Crippen molar-refractivity contribution < 1.29 is 18.8 Å². The molecule has 2 aromatic carbocycles.